The van der Waals surface area contributed by atoms with E-state index in [1.807, 2.05) is 0 Å². The fourth-order valence-corrected chi connectivity index (χ4v) is 2.79. The van der Waals surface area contributed by atoms with Gasteiger partial charge in [0, 0.05) is 23.8 Å². The van der Waals surface area contributed by atoms with E-state index in [0.717, 1.165) is 13.0 Å². The van der Waals surface area contributed by atoms with Gasteiger partial charge in [0.1, 0.15) is 0 Å². The Kier molecular flexibility index (Phi) is 3.57. The van der Waals surface area contributed by atoms with Gasteiger partial charge in [-0.25, -0.2) is 4.98 Å². The summed E-state index contributed by atoms with van der Waals surface area (Å²) in [4.78, 5) is 8.08. The Bertz CT molecular complexity index is 399. The molecule has 16 heavy (non-hydrogen) atoms. The third kappa shape index (κ3) is 2.81. The molecule has 2 rings (SSSR count). The van der Waals surface area contributed by atoms with Crippen molar-refractivity contribution in [3.63, 3.8) is 0 Å². The zero-order valence-corrected chi connectivity index (χ0v) is 10.7. The van der Waals surface area contributed by atoms with Gasteiger partial charge in [-0.1, -0.05) is 0 Å². The Morgan fingerprint density at radius 1 is 1.50 bits per heavy atom. The summed E-state index contributed by atoms with van der Waals surface area (Å²) in [5, 5.41) is 9.99. The summed E-state index contributed by atoms with van der Waals surface area (Å²) in [5.74, 6) is 0.660. The van der Waals surface area contributed by atoms with Crippen molar-refractivity contribution in [2.24, 2.45) is 0 Å². The van der Waals surface area contributed by atoms with Crippen LogP contribution < -0.4 is 0 Å². The minimum atomic E-state index is 0.533. The standard InChI is InChI=1S/C12H17N3S/c1-15(2)8-6-11-14-12(9-3-4-9)10(16-11)5-7-13/h9H,3-6,8H2,1-2H3. The highest BCUT2D eigenvalue weighted by atomic mass is 32.1. The van der Waals surface area contributed by atoms with E-state index < -0.39 is 0 Å². The molecule has 0 radical (unpaired) electrons. The highest BCUT2D eigenvalue weighted by molar-refractivity contribution is 7.11. The van der Waals surface area contributed by atoms with Crippen molar-refractivity contribution in [1.29, 1.82) is 5.26 Å². The number of thiazole rings is 1. The molecule has 0 aromatic carbocycles. The van der Waals surface area contributed by atoms with Gasteiger partial charge in [0.15, 0.2) is 0 Å². The summed E-state index contributed by atoms with van der Waals surface area (Å²) in [5.41, 5.74) is 1.22. The van der Waals surface area contributed by atoms with E-state index in [2.05, 4.69) is 25.1 Å². The number of nitrogens with zero attached hydrogens (tertiary/aromatic N) is 3. The second kappa shape index (κ2) is 4.94. The second-order valence-electron chi connectivity index (χ2n) is 4.58. The molecule has 0 amide bonds. The molecule has 0 N–H and O–H groups in total. The van der Waals surface area contributed by atoms with Crippen molar-refractivity contribution in [3.8, 4) is 6.07 Å². The zero-order chi connectivity index (χ0) is 11.5. The smallest absolute Gasteiger partial charge is 0.0944 e. The number of rotatable bonds is 5. The van der Waals surface area contributed by atoms with Crippen LogP contribution in [0.5, 0.6) is 0 Å². The Balaban J connectivity index is 2.08. The van der Waals surface area contributed by atoms with E-state index in [0.29, 0.717) is 12.3 Å². The van der Waals surface area contributed by atoms with Crippen molar-refractivity contribution < 1.29 is 0 Å². The molecule has 1 aliphatic rings. The van der Waals surface area contributed by atoms with Gasteiger partial charge < -0.3 is 4.90 Å². The van der Waals surface area contributed by atoms with E-state index in [1.165, 1.54) is 28.4 Å². The second-order valence-corrected chi connectivity index (χ2v) is 5.75. The van der Waals surface area contributed by atoms with Crippen molar-refractivity contribution in [1.82, 2.24) is 9.88 Å². The molecule has 0 aliphatic heterocycles. The molecule has 0 saturated heterocycles. The Morgan fingerprint density at radius 3 is 2.81 bits per heavy atom. The van der Waals surface area contributed by atoms with Crippen molar-refractivity contribution in [2.45, 2.75) is 31.6 Å². The summed E-state index contributed by atoms with van der Waals surface area (Å²) in [6.45, 7) is 1.03. The maximum atomic E-state index is 8.79. The third-order valence-electron chi connectivity index (χ3n) is 2.75. The van der Waals surface area contributed by atoms with Gasteiger partial charge >= 0.3 is 0 Å². The lowest BCUT2D eigenvalue weighted by Crippen LogP contribution is -2.14. The lowest BCUT2D eigenvalue weighted by molar-refractivity contribution is 0.413. The molecule has 4 heteroatoms. The SMILES string of the molecule is CN(C)CCc1nc(C2CC2)c(CC#N)s1. The van der Waals surface area contributed by atoms with Crippen LogP contribution in [-0.4, -0.2) is 30.5 Å². The quantitative estimate of drug-likeness (QED) is 0.785. The van der Waals surface area contributed by atoms with Crippen molar-refractivity contribution >= 4 is 11.3 Å². The molecule has 0 unspecified atom stereocenters. The molecule has 86 valence electrons. The first-order chi connectivity index (χ1) is 7.70. The summed E-state index contributed by atoms with van der Waals surface area (Å²) in [6.07, 6.45) is 4.05. The fourth-order valence-electron chi connectivity index (χ4n) is 1.71. The number of hydrogen-bond donors (Lipinski definition) is 0. The molecule has 1 fully saturated rings. The van der Waals surface area contributed by atoms with Gasteiger partial charge in [-0.3, -0.25) is 0 Å². The topological polar surface area (TPSA) is 39.9 Å². The van der Waals surface area contributed by atoms with Crippen LogP contribution in [0.15, 0.2) is 0 Å². The minimum Gasteiger partial charge on any atom is -0.309 e. The highest BCUT2D eigenvalue weighted by Crippen LogP contribution is 2.42. The molecule has 1 heterocycles. The van der Waals surface area contributed by atoms with Crippen LogP contribution in [0.25, 0.3) is 0 Å². The van der Waals surface area contributed by atoms with Gasteiger partial charge in [0.05, 0.1) is 23.2 Å². The van der Waals surface area contributed by atoms with Crippen LogP contribution in [0.2, 0.25) is 0 Å². The maximum Gasteiger partial charge on any atom is 0.0944 e. The van der Waals surface area contributed by atoms with Crippen molar-refractivity contribution in [3.05, 3.63) is 15.6 Å². The Labute approximate surface area is 101 Å². The molecule has 0 atom stereocenters. The van der Waals surface area contributed by atoms with E-state index in [4.69, 9.17) is 10.2 Å². The van der Waals surface area contributed by atoms with Gasteiger partial charge in [0.25, 0.3) is 0 Å². The van der Waals surface area contributed by atoms with Gasteiger partial charge in [-0.15, -0.1) is 11.3 Å². The predicted molar refractivity (Wildman–Crippen MR) is 65.7 cm³/mol. The first-order valence-corrected chi connectivity index (χ1v) is 6.52. The third-order valence-corrected chi connectivity index (χ3v) is 3.88. The van der Waals surface area contributed by atoms with Crippen LogP contribution in [0.1, 0.15) is 34.3 Å². The van der Waals surface area contributed by atoms with Gasteiger partial charge in [-0.05, 0) is 26.9 Å². The number of hydrogen-bond acceptors (Lipinski definition) is 4. The number of nitriles is 1. The predicted octanol–water partition coefficient (Wildman–Crippen LogP) is 2.19. The highest BCUT2D eigenvalue weighted by Gasteiger charge is 2.29. The number of likely N-dealkylation sites (N-methyl/N-ethyl adjacent to an activating group) is 1. The largest absolute Gasteiger partial charge is 0.309 e. The van der Waals surface area contributed by atoms with E-state index in [1.54, 1.807) is 11.3 Å². The monoisotopic (exact) mass is 235 g/mol. The average Bonchev–Trinajstić information content (AvgIpc) is 2.99. The molecule has 1 aromatic heterocycles. The van der Waals surface area contributed by atoms with Crippen LogP contribution in [0.3, 0.4) is 0 Å². The normalized spacial score (nSPS) is 15.4. The van der Waals surface area contributed by atoms with Crippen LogP contribution in [0.4, 0.5) is 0 Å². The Morgan fingerprint density at radius 2 is 2.25 bits per heavy atom. The van der Waals surface area contributed by atoms with Crippen LogP contribution in [0, 0.1) is 11.3 Å². The van der Waals surface area contributed by atoms with Crippen LogP contribution in [-0.2, 0) is 12.8 Å². The van der Waals surface area contributed by atoms with Gasteiger partial charge in [0.2, 0.25) is 0 Å². The summed E-state index contributed by atoms with van der Waals surface area (Å²) >= 11 is 1.73. The van der Waals surface area contributed by atoms with Gasteiger partial charge in [-0.2, -0.15) is 5.26 Å². The molecule has 0 spiro atoms. The average molecular weight is 235 g/mol. The maximum absolute atomic E-state index is 8.79. The minimum absolute atomic E-state index is 0.533. The van der Waals surface area contributed by atoms with Crippen molar-refractivity contribution in [2.75, 3.05) is 20.6 Å². The fraction of sp³-hybridized carbons (Fsp3) is 0.667. The summed E-state index contributed by atoms with van der Waals surface area (Å²) < 4.78 is 0. The summed E-state index contributed by atoms with van der Waals surface area (Å²) in [6, 6.07) is 2.25. The Hall–Kier alpha value is -0.920. The first kappa shape index (κ1) is 11.6. The van der Waals surface area contributed by atoms with E-state index >= 15 is 0 Å². The lowest BCUT2D eigenvalue weighted by Gasteiger charge is -2.06. The molecule has 1 aliphatic carbocycles. The zero-order valence-electron chi connectivity index (χ0n) is 9.86. The van der Waals surface area contributed by atoms with Crippen LogP contribution >= 0.6 is 11.3 Å². The molecular formula is C12H17N3S. The number of aromatic nitrogens is 1. The molecular weight excluding hydrogens is 218 g/mol. The van der Waals surface area contributed by atoms with E-state index in [-0.39, 0.29) is 0 Å². The van der Waals surface area contributed by atoms with E-state index in [9.17, 15) is 0 Å². The summed E-state index contributed by atoms with van der Waals surface area (Å²) in [7, 11) is 4.15. The molecule has 0 bridgehead atoms. The first-order valence-electron chi connectivity index (χ1n) is 5.71. The lowest BCUT2D eigenvalue weighted by atomic mass is 10.2. The molecule has 1 saturated carbocycles. The molecule has 1 aromatic rings. The molecule has 3 nitrogen and oxygen atoms in total.